The number of allylic oxidation sites excluding steroid dienone is 10. The van der Waals surface area contributed by atoms with Crippen molar-refractivity contribution in [3.8, 4) is 0 Å². The van der Waals surface area contributed by atoms with Crippen molar-refractivity contribution in [1.82, 2.24) is 0 Å². The van der Waals surface area contributed by atoms with E-state index in [-0.39, 0.29) is 36.2 Å². The van der Waals surface area contributed by atoms with Gasteiger partial charge in [-0.15, -0.1) is 0 Å². The summed E-state index contributed by atoms with van der Waals surface area (Å²) in [5.41, 5.74) is 0. The van der Waals surface area contributed by atoms with Gasteiger partial charge in [-0.1, -0.05) is 203 Å². The Kier molecular flexibility index (Phi) is 44.4. The van der Waals surface area contributed by atoms with Crippen LogP contribution < -0.4 is 0 Å². The maximum absolute atomic E-state index is 12.8. The molecule has 0 rings (SSSR count). The number of carbonyl (C=O) groups is 3. The van der Waals surface area contributed by atoms with E-state index in [1.807, 2.05) is 21.1 Å². The number of likely N-dealkylation sites (N-methyl/N-ethyl adjacent to an activating group) is 1. The molecule has 0 aromatic carbocycles. The molecule has 0 aliphatic heterocycles. The van der Waals surface area contributed by atoms with Crippen molar-refractivity contribution >= 4 is 17.9 Å². The molecule has 0 fully saturated rings. The molecule has 2 unspecified atom stereocenters. The molecule has 0 aliphatic rings. The van der Waals surface area contributed by atoms with Crippen molar-refractivity contribution < 1.29 is 38.2 Å². The third kappa shape index (κ3) is 44.2. The van der Waals surface area contributed by atoms with Gasteiger partial charge in [0, 0.05) is 19.3 Å². The van der Waals surface area contributed by atoms with Gasteiger partial charge in [-0.25, -0.2) is 4.79 Å². The zero-order valence-electron chi connectivity index (χ0n) is 42.2. The van der Waals surface area contributed by atoms with Gasteiger partial charge >= 0.3 is 17.9 Å². The number of nitrogens with zero attached hydrogens (tertiary/aromatic N) is 1. The van der Waals surface area contributed by atoms with Crippen LogP contribution in [0.1, 0.15) is 226 Å². The van der Waals surface area contributed by atoms with E-state index in [1.54, 1.807) is 0 Å². The molecule has 0 aromatic heterocycles. The molecule has 0 spiro atoms. The molecule has 8 nitrogen and oxygen atoms in total. The van der Waals surface area contributed by atoms with Crippen LogP contribution >= 0.6 is 0 Å². The van der Waals surface area contributed by atoms with E-state index >= 15 is 0 Å². The SMILES string of the molecule is CCCCC/C=C/C=C/C=C/C=C/CCCCCCCC(=O)OC(COCCC(C(=O)O)[N+](C)(C)C)COC(=O)CCCCCCCCC/C=C/CCCCCCCCCCCCC. The largest absolute Gasteiger partial charge is 0.477 e. The number of unbranched alkanes of at least 4 members (excludes halogenated alkanes) is 26. The summed E-state index contributed by atoms with van der Waals surface area (Å²) in [6, 6.07) is -0.623. The van der Waals surface area contributed by atoms with Gasteiger partial charge < -0.3 is 23.8 Å². The number of rotatable bonds is 47. The average Bonchev–Trinajstić information content (AvgIpc) is 3.26. The molecule has 0 aromatic rings. The first-order chi connectivity index (χ1) is 31.1. The van der Waals surface area contributed by atoms with E-state index in [4.69, 9.17) is 14.2 Å². The maximum Gasteiger partial charge on any atom is 0.362 e. The molecule has 0 amide bonds. The molecule has 1 N–H and O–H groups in total. The summed E-state index contributed by atoms with van der Waals surface area (Å²) in [6.45, 7) is 4.69. The lowest BCUT2D eigenvalue weighted by Gasteiger charge is -2.31. The third-order valence-corrected chi connectivity index (χ3v) is 11.7. The number of hydrogen-bond acceptors (Lipinski definition) is 6. The van der Waals surface area contributed by atoms with Gasteiger partial charge in [-0.05, 0) is 64.2 Å². The van der Waals surface area contributed by atoms with Gasteiger partial charge in [-0.2, -0.15) is 0 Å². The van der Waals surface area contributed by atoms with Crippen LogP contribution in [-0.4, -0.2) is 80.6 Å². The van der Waals surface area contributed by atoms with Crippen molar-refractivity contribution in [2.45, 2.75) is 238 Å². The second-order valence-corrected chi connectivity index (χ2v) is 18.9. The van der Waals surface area contributed by atoms with E-state index in [0.29, 0.717) is 19.3 Å². The van der Waals surface area contributed by atoms with E-state index in [2.05, 4.69) is 74.6 Å². The Morgan fingerprint density at radius 1 is 0.469 bits per heavy atom. The lowest BCUT2D eigenvalue weighted by Crippen LogP contribution is -2.50. The van der Waals surface area contributed by atoms with Crippen molar-refractivity contribution in [1.29, 1.82) is 0 Å². The highest BCUT2D eigenvalue weighted by Gasteiger charge is 2.31. The Balaban J connectivity index is 4.27. The van der Waals surface area contributed by atoms with Gasteiger partial charge in [0.25, 0.3) is 0 Å². The van der Waals surface area contributed by atoms with E-state index in [1.165, 1.54) is 128 Å². The summed E-state index contributed by atoms with van der Waals surface area (Å²) >= 11 is 0. The summed E-state index contributed by atoms with van der Waals surface area (Å²) in [7, 11) is 5.52. The number of ether oxygens (including phenoxy) is 3. The minimum atomic E-state index is -0.880. The van der Waals surface area contributed by atoms with E-state index in [9.17, 15) is 19.5 Å². The standard InChI is InChI=1S/C56H99NO7/c1-6-8-10-12-14-16-18-20-22-24-26-27-28-29-31-32-34-36-38-40-42-44-46-54(58)63-51-52(50-62-49-48-53(56(60)61)57(3,4)5)64-55(59)47-45-43-41-39-37-35-33-30-25-23-21-19-17-15-13-11-9-7-2/h15,17,19,21,23,25,28-30,33,52-53H,6-14,16,18,20,22,24,26-27,31-32,34-51H2,1-5H3/p+1/b17-15+,21-19+,25-23+,29-28+,33-30+. The highest BCUT2D eigenvalue weighted by Crippen LogP contribution is 2.15. The summed E-state index contributed by atoms with van der Waals surface area (Å²) in [6.07, 6.45) is 58.4. The highest BCUT2D eigenvalue weighted by atomic mass is 16.6. The van der Waals surface area contributed by atoms with Crippen LogP contribution in [0.2, 0.25) is 0 Å². The lowest BCUT2D eigenvalue weighted by molar-refractivity contribution is -0.887. The minimum Gasteiger partial charge on any atom is -0.477 e. The first-order valence-electron chi connectivity index (χ1n) is 26.4. The fraction of sp³-hybridized carbons (Fsp3) is 0.768. The lowest BCUT2D eigenvalue weighted by atomic mass is 10.0. The van der Waals surface area contributed by atoms with Gasteiger partial charge in [0.1, 0.15) is 6.61 Å². The number of carbonyl (C=O) groups excluding carboxylic acids is 2. The van der Waals surface area contributed by atoms with Crippen LogP contribution in [0.25, 0.3) is 0 Å². The van der Waals surface area contributed by atoms with Crippen molar-refractivity contribution in [2.24, 2.45) is 0 Å². The normalized spacial score (nSPS) is 13.3. The maximum atomic E-state index is 12.8. The zero-order chi connectivity index (χ0) is 47.0. The number of quaternary nitrogens is 1. The van der Waals surface area contributed by atoms with Crippen molar-refractivity contribution in [3.63, 3.8) is 0 Å². The predicted molar refractivity (Wildman–Crippen MR) is 271 cm³/mol. The molecular formula is C56H100NO7+. The third-order valence-electron chi connectivity index (χ3n) is 11.7. The zero-order valence-corrected chi connectivity index (χ0v) is 42.2. The molecule has 64 heavy (non-hydrogen) atoms. The Morgan fingerprint density at radius 3 is 1.30 bits per heavy atom. The second-order valence-electron chi connectivity index (χ2n) is 18.9. The number of esters is 2. The van der Waals surface area contributed by atoms with E-state index in [0.717, 1.165) is 64.2 Å². The second kappa shape index (κ2) is 46.6. The minimum absolute atomic E-state index is 0.0485. The van der Waals surface area contributed by atoms with Crippen molar-refractivity contribution in [3.05, 3.63) is 60.8 Å². The van der Waals surface area contributed by atoms with E-state index < -0.39 is 18.1 Å². The van der Waals surface area contributed by atoms with Crippen LogP contribution in [-0.2, 0) is 28.6 Å². The first-order valence-corrected chi connectivity index (χ1v) is 26.4. The Labute approximate surface area is 394 Å². The smallest absolute Gasteiger partial charge is 0.362 e. The van der Waals surface area contributed by atoms with Gasteiger partial charge in [0.15, 0.2) is 12.1 Å². The molecule has 370 valence electrons. The van der Waals surface area contributed by atoms with Gasteiger partial charge in [0.2, 0.25) is 0 Å². The van der Waals surface area contributed by atoms with Crippen LogP contribution in [0.4, 0.5) is 0 Å². The molecule has 0 bridgehead atoms. The summed E-state index contributed by atoms with van der Waals surface area (Å²) in [5.74, 6) is -1.50. The predicted octanol–water partition coefficient (Wildman–Crippen LogP) is 15.3. The highest BCUT2D eigenvalue weighted by molar-refractivity contribution is 5.72. The number of carboxylic acid groups (broad SMARTS) is 1. The Bertz CT molecular complexity index is 1230. The Hall–Kier alpha value is -2.97. The van der Waals surface area contributed by atoms with Gasteiger partial charge in [0.05, 0.1) is 34.4 Å². The van der Waals surface area contributed by atoms with Gasteiger partial charge in [-0.3, -0.25) is 9.59 Å². The van der Waals surface area contributed by atoms with Crippen molar-refractivity contribution in [2.75, 3.05) is 41.0 Å². The number of aliphatic carboxylic acids is 1. The van der Waals surface area contributed by atoms with Crippen LogP contribution in [0.5, 0.6) is 0 Å². The quantitative estimate of drug-likeness (QED) is 0.0213. The summed E-state index contributed by atoms with van der Waals surface area (Å²) < 4.78 is 17.3. The molecule has 0 radical (unpaired) electrons. The molecule has 0 saturated carbocycles. The molecular weight excluding hydrogens is 799 g/mol. The molecule has 2 atom stereocenters. The number of hydrogen-bond donors (Lipinski definition) is 1. The Morgan fingerprint density at radius 2 is 0.844 bits per heavy atom. The number of carboxylic acids is 1. The van der Waals surface area contributed by atoms with Crippen LogP contribution in [0.15, 0.2) is 60.8 Å². The summed E-state index contributed by atoms with van der Waals surface area (Å²) in [4.78, 5) is 37.2. The van der Waals surface area contributed by atoms with Crippen LogP contribution in [0, 0.1) is 0 Å². The fourth-order valence-corrected chi connectivity index (χ4v) is 7.63. The summed E-state index contributed by atoms with van der Waals surface area (Å²) in [5, 5.41) is 9.66. The molecule has 0 saturated heterocycles. The average molecular weight is 899 g/mol. The monoisotopic (exact) mass is 899 g/mol. The fourth-order valence-electron chi connectivity index (χ4n) is 7.63. The molecule has 0 heterocycles. The first kappa shape index (κ1) is 61.0. The van der Waals surface area contributed by atoms with Crippen LogP contribution in [0.3, 0.4) is 0 Å². The topological polar surface area (TPSA) is 99.1 Å². The molecule has 0 aliphatic carbocycles. The molecule has 8 heteroatoms.